The Morgan fingerprint density at radius 1 is 0.800 bits per heavy atom. The molecule has 0 saturated heterocycles. The summed E-state index contributed by atoms with van der Waals surface area (Å²) in [5, 5.41) is 9.65. The first-order chi connectivity index (χ1) is 16.6. The van der Waals surface area contributed by atoms with E-state index in [0.717, 1.165) is 11.1 Å². The molecular formula is C27H35NO7. The molecule has 0 saturated carbocycles. The molecule has 0 spiro atoms. The Bertz CT molecular complexity index is 947. The summed E-state index contributed by atoms with van der Waals surface area (Å²) in [5.74, 6) is -3.45. The largest absolute Gasteiger partial charge is 0.460 e. The van der Waals surface area contributed by atoms with Crippen LogP contribution in [-0.4, -0.2) is 47.4 Å². The second-order valence-electron chi connectivity index (χ2n) is 8.85. The fourth-order valence-corrected chi connectivity index (χ4v) is 3.34. The maximum atomic E-state index is 13.3. The molecule has 5 unspecified atom stereocenters. The maximum Gasteiger partial charge on any atom is 0.326 e. The molecule has 2 rings (SSSR count). The number of hydrogen-bond acceptors (Lipinski definition) is 8. The van der Waals surface area contributed by atoms with E-state index in [4.69, 9.17) is 19.9 Å². The van der Waals surface area contributed by atoms with Crippen molar-refractivity contribution >= 4 is 17.9 Å². The van der Waals surface area contributed by atoms with Gasteiger partial charge in [-0.25, -0.2) is 0 Å². The second kappa shape index (κ2) is 13.6. The average molecular weight is 486 g/mol. The van der Waals surface area contributed by atoms with Crippen LogP contribution in [0.3, 0.4) is 0 Å². The van der Waals surface area contributed by atoms with E-state index in [1.54, 1.807) is 13.8 Å². The average Bonchev–Trinajstić information content (AvgIpc) is 2.84. The predicted octanol–water partition coefficient (Wildman–Crippen LogP) is 2.80. The van der Waals surface area contributed by atoms with Crippen LogP contribution in [-0.2, 0) is 41.6 Å². The van der Waals surface area contributed by atoms with Crippen molar-refractivity contribution in [3.63, 3.8) is 0 Å². The molecule has 0 aliphatic carbocycles. The first kappa shape index (κ1) is 28.0. The highest BCUT2D eigenvalue weighted by atomic mass is 16.6. The van der Waals surface area contributed by atoms with Crippen molar-refractivity contribution in [1.29, 1.82) is 0 Å². The lowest BCUT2D eigenvalue weighted by Gasteiger charge is -2.31. The lowest BCUT2D eigenvalue weighted by atomic mass is 9.90. The van der Waals surface area contributed by atoms with Gasteiger partial charge < -0.3 is 25.1 Å². The van der Waals surface area contributed by atoms with Crippen molar-refractivity contribution in [2.75, 3.05) is 0 Å². The molecule has 0 amide bonds. The molecule has 190 valence electrons. The van der Waals surface area contributed by atoms with Crippen LogP contribution in [0.15, 0.2) is 60.7 Å². The van der Waals surface area contributed by atoms with E-state index in [-0.39, 0.29) is 13.0 Å². The maximum absolute atomic E-state index is 13.3. The molecule has 35 heavy (non-hydrogen) atoms. The molecule has 8 heteroatoms. The Morgan fingerprint density at radius 3 is 1.86 bits per heavy atom. The third-order valence-electron chi connectivity index (χ3n) is 5.50. The van der Waals surface area contributed by atoms with Crippen LogP contribution in [0, 0.1) is 11.8 Å². The number of carbonyl (C=O) groups is 3. The highest BCUT2D eigenvalue weighted by Crippen LogP contribution is 2.24. The van der Waals surface area contributed by atoms with Crippen LogP contribution in [0.2, 0.25) is 0 Å². The Morgan fingerprint density at radius 2 is 1.34 bits per heavy atom. The van der Waals surface area contributed by atoms with E-state index in [2.05, 4.69) is 0 Å². The monoisotopic (exact) mass is 485 g/mol. The smallest absolute Gasteiger partial charge is 0.326 e. The number of aliphatic hydroxyl groups excluding tert-OH is 1. The molecule has 2 aromatic carbocycles. The zero-order valence-corrected chi connectivity index (χ0v) is 20.6. The predicted molar refractivity (Wildman–Crippen MR) is 130 cm³/mol. The Balaban J connectivity index is 2.34. The van der Waals surface area contributed by atoms with Gasteiger partial charge >= 0.3 is 17.9 Å². The van der Waals surface area contributed by atoms with E-state index in [1.807, 2.05) is 60.7 Å². The van der Waals surface area contributed by atoms with Crippen LogP contribution in [0.5, 0.6) is 0 Å². The molecule has 0 heterocycles. The fourth-order valence-electron chi connectivity index (χ4n) is 3.34. The highest BCUT2D eigenvalue weighted by Gasteiger charge is 2.40. The van der Waals surface area contributed by atoms with Gasteiger partial charge in [-0.15, -0.1) is 0 Å². The summed E-state index contributed by atoms with van der Waals surface area (Å²) < 4.78 is 16.7. The third kappa shape index (κ3) is 8.81. The van der Waals surface area contributed by atoms with E-state index in [1.165, 1.54) is 13.8 Å². The number of aliphatic hydroxyl groups is 1. The van der Waals surface area contributed by atoms with Gasteiger partial charge in [0.25, 0.3) is 0 Å². The number of hydrogen-bond donors (Lipinski definition) is 2. The van der Waals surface area contributed by atoms with Crippen LogP contribution in [0.1, 0.15) is 38.8 Å². The van der Waals surface area contributed by atoms with Crippen molar-refractivity contribution in [2.24, 2.45) is 17.6 Å². The number of rotatable bonds is 12. The fraction of sp³-hybridized carbons (Fsp3) is 0.444. The summed E-state index contributed by atoms with van der Waals surface area (Å²) in [6, 6.07) is 17.1. The molecule has 0 aliphatic heterocycles. The summed E-state index contributed by atoms with van der Waals surface area (Å²) >= 11 is 0. The van der Waals surface area contributed by atoms with Gasteiger partial charge in [-0.1, -0.05) is 74.5 Å². The SMILES string of the molecule is CC(C)C(=O)OC(C(C)OC(=O)C(N)C(C)O)C(Cc1ccccc1)C(=O)OCc1ccccc1. The van der Waals surface area contributed by atoms with Crippen molar-refractivity contribution in [3.05, 3.63) is 71.8 Å². The highest BCUT2D eigenvalue weighted by molar-refractivity contribution is 5.78. The van der Waals surface area contributed by atoms with Crippen LogP contribution >= 0.6 is 0 Å². The molecule has 0 aliphatic rings. The molecule has 2 aromatic rings. The number of benzene rings is 2. The molecule has 0 radical (unpaired) electrons. The van der Waals surface area contributed by atoms with E-state index < -0.39 is 54.1 Å². The molecule has 0 fully saturated rings. The molecular weight excluding hydrogens is 450 g/mol. The topological polar surface area (TPSA) is 125 Å². The second-order valence-corrected chi connectivity index (χ2v) is 8.85. The minimum Gasteiger partial charge on any atom is -0.460 e. The van der Waals surface area contributed by atoms with E-state index in [9.17, 15) is 19.5 Å². The number of ether oxygens (including phenoxy) is 3. The van der Waals surface area contributed by atoms with Crippen LogP contribution < -0.4 is 5.73 Å². The molecule has 8 nitrogen and oxygen atoms in total. The van der Waals surface area contributed by atoms with Gasteiger partial charge in [0.1, 0.15) is 24.7 Å². The van der Waals surface area contributed by atoms with Crippen LogP contribution in [0.4, 0.5) is 0 Å². The first-order valence-corrected chi connectivity index (χ1v) is 11.7. The number of nitrogens with two attached hydrogens (primary N) is 1. The van der Waals surface area contributed by atoms with Crippen LogP contribution in [0.25, 0.3) is 0 Å². The summed E-state index contributed by atoms with van der Waals surface area (Å²) in [6.45, 7) is 6.26. The Hall–Kier alpha value is -3.23. The van der Waals surface area contributed by atoms with Gasteiger partial charge in [0.2, 0.25) is 0 Å². The minimum atomic E-state index is -1.28. The summed E-state index contributed by atoms with van der Waals surface area (Å²) in [5.41, 5.74) is 7.33. The summed E-state index contributed by atoms with van der Waals surface area (Å²) in [7, 11) is 0. The first-order valence-electron chi connectivity index (χ1n) is 11.7. The molecule has 3 N–H and O–H groups in total. The molecule has 0 bridgehead atoms. The lowest BCUT2D eigenvalue weighted by molar-refractivity contribution is -0.181. The van der Waals surface area contributed by atoms with Gasteiger partial charge in [-0.05, 0) is 31.4 Å². The van der Waals surface area contributed by atoms with Gasteiger partial charge in [0, 0.05) is 0 Å². The van der Waals surface area contributed by atoms with E-state index >= 15 is 0 Å². The minimum absolute atomic E-state index is 0.0386. The van der Waals surface area contributed by atoms with Crippen molar-refractivity contribution in [1.82, 2.24) is 0 Å². The standard InChI is InChI=1S/C27H35NO7/c1-17(2)25(30)35-24(19(4)34-27(32)23(28)18(3)29)22(15-20-11-7-5-8-12-20)26(31)33-16-21-13-9-6-10-14-21/h5-14,17-19,22-24,29H,15-16,28H2,1-4H3. The summed E-state index contributed by atoms with van der Waals surface area (Å²) in [4.78, 5) is 38.3. The summed E-state index contributed by atoms with van der Waals surface area (Å²) in [6.07, 6.45) is -3.12. The van der Waals surface area contributed by atoms with Crippen molar-refractivity contribution in [2.45, 2.75) is 65.1 Å². The van der Waals surface area contributed by atoms with Gasteiger partial charge in [0.15, 0.2) is 6.10 Å². The van der Waals surface area contributed by atoms with E-state index in [0.29, 0.717) is 0 Å². The number of esters is 3. The van der Waals surface area contributed by atoms with Gasteiger partial charge in [0.05, 0.1) is 12.0 Å². The third-order valence-corrected chi connectivity index (χ3v) is 5.50. The number of carbonyl (C=O) groups excluding carboxylic acids is 3. The van der Waals surface area contributed by atoms with Gasteiger partial charge in [-0.2, -0.15) is 0 Å². The lowest BCUT2D eigenvalue weighted by Crippen LogP contribution is -2.48. The van der Waals surface area contributed by atoms with Crippen molar-refractivity contribution in [3.8, 4) is 0 Å². The molecule has 5 atom stereocenters. The Kier molecular flexibility index (Phi) is 10.9. The zero-order chi connectivity index (χ0) is 26.0. The molecule has 0 aromatic heterocycles. The quantitative estimate of drug-likeness (QED) is 0.347. The van der Waals surface area contributed by atoms with Crippen molar-refractivity contribution < 1.29 is 33.7 Å². The van der Waals surface area contributed by atoms with Gasteiger partial charge in [-0.3, -0.25) is 14.4 Å². The Labute approximate surface area is 206 Å². The zero-order valence-electron chi connectivity index (χ0n) is 20.6. The normalized spacial score (nSPS) is 15.4.